The molecule has 180 valence electrons. The number of rotatable bonds is 16. The van der Waals surface area contributed by atoms with Crippen LogP contribution < -0.4 is 16.2 Å². The van der Waals surface area contributed by atoms with Crippen LogP contribution in [0.15, 0.2) is 58.8 Å². The minimum absolute atomic E-state index is 0.181. The van der Waals surface area contributed by atoms with Crippen LogP contribution in [0, 0.1) is 0 Å². The van der Waals surface area contributed by atoms with Gasteiger partial charge in [0.15, 0.2) is 0 Å². The Kier molecular flexibility index (Phi) is 12.8. The lowest BCUT2D eigenvalue weighted by atomic mass is 10.1. The van der Waals surface area contributed by atoms with Gasteiger partial charge in [-0.05, 0) is 67.8 Å². The molecule has 0 saturated carbocycles. The highest BCUT2D eigenvalue weighted by Crippen LogP contribution is 2.22. The number of esters is 1. The van der Waals surface area contributed by atoms with E-state index in [0.717, 1.165) is 48.6 Å². The van der Waals surface area contributed by atoms with Crippen molar-refractivity contribution in [3.05, 3.63) is 54.1 Å². The molecule has 0 aromatic heterocycles. The number of ether oxygens (including phenoxy) is 2. The lowest BCUT2D eigenvalue weighted by molar-refractivity contribution is -0.146. The summed E-state index contributed by atoms with van der Waals surface area (Å²) in [5, 5.41) is 8.53. The highest BCUT2D eigenvalue weighted by molar-refractivity contribution is 5.75. The van der Waals surface area contributed by atoms with Crippen molar-refractivity contribution in [3.8, 4) is 5.75 Å². The topological polar surface area (TPSA) is 112 Å². The average Bonchev–Trinajstić information content (AvgIpc) is 2.84. The van der Waals surface area contributed by atoms with Crippen molar-refractivity contribution in [2.45, 2.75) is 70.9 Å². The summed E-state index contributed by atoms with van der Waals surface area (Å²) in [4.78, 5) is 12.0. The number of hydrogen-bond donors (Lipinski definition) is 2. The number of hydrogen-bond acceptors (Lipinski definition) is 7. The Labute approximate surface area is 197 Å². The molecule has 0 heterocycles. The fourth-order valence-electron chi connectivity index (χ4n) is 3.17. The molecule has 0 spiro atoms. The molecule has 0 radical (unpaired) electrons. The standard InChI is InChI=1S/C26H38N4O3/c1-2-3-4-5-8-19-32-24-16-14-23(15-17-24)30-29-22-12-10-21(11-13-22)20-33-26(31)25(28)9-6-7-18-27/h10-17,25H,2-9,18-20,27-28H2,1H3/t25-/m0/s1. The molecule has 1 atom stereocenters. The molecule has 0 unspecified atom stereocenters. The molecule has 2 aromatic rings. The Morgan fingerprint density at radius 3 is 2.15 bits per heavy atom. The zero-order valence-electron chi connectivity index (χ0n) is 19.7. The van der Waals surface area contributed by atoms with Crippen molar-refractivity contribution in [3.63, 3.8) is 0 Å². The molecule has 0 saturated heterocycles. The van der Waals surface area contributed by atoms with Crippen LogP contribution in [0.25, 0.3) is 0 Å². The molecule has 0 fully saturated rings. The van der Waals surface area contributed by atoms with Crippen molar-refractivity contribution in [2.75, 3.05) is 13.2 Å². The Morgan fingerprint density at radius 1 is 0.879 bits per heavy atom. The zero-order chi connectivity index (χ0) is 23.7. The summed E-state index contributed by atoms with van der Waals surface area (Å²) >= 11 is 0. The number of unbranched alkanes of at least 4 members (excludes halogenated alkanes) is 5. The van der Waals surface area contributed by atoms with E-state index >= 15 is 0 Å². The van der Waals surface area contributed by atoms with Gasteiger partial charge in [0.05, 0.1) is 18.0 Å². The van der Waals surface area contributed by atoms with Gasteiger partial charge in [-0.25, -0.2) is 0 Å². The van der Waals surface area contributed by atoms with Crippen LogP contribution in [-0.4, -0.2) is 25.2 Å². The van der Waals surface area contributed by atoms with Crippen LogP contribution >= 0.6 is 0 Å². The molecule has 2 aromatic carbocycles. The maximum absolute atomic E-state index is 12.0. The van der Waals surface area contributed by atoms with Gasteiger partial charge in [0.1, 0.15) is 18.4 Å². The van der Waals surface area contributed by atoms with E-state index in [0.29, 0.717) is 13.0 Å². The summed E-state index contributed by atoms with van der Waals surface area (Å²) in [5.74, 6) is 0.460. The molecular weight excluding hydrogens is 416 g/mol. The van der Waals surface area contributed by atoms with Gasteiger partial charge in [-0.2, -0.15) is 10.2 Å². The van der Waals surface area contributed by atoms with Crippen LogP contribution in [-0.2, 0) is 16.1 Å². The summed E-state index contributed by atoms with van der Waals surface area (Å²) in [7, 11) is 0. The summed E-state index contributed by atoms with van der Waals surface area (Å²) < 4.78 is 11.1. The van der Waals surface area contributed by atoms with Crippen molar-refractivity contribution in [1.82, 2.24) is 0 Å². The Hall–Kier alpha value is -2.77. The first kappa shape index (κ1) is 26.5. The summed E-state index contributed by atoms with van der Waals surface area (Å²) in [6.45, 7) is 3.74. The fraction of sp³-hybridized carbons (Fsp3) is 0.500. The molecular formula is C26H38N4O3. The Balaban J connectivity index is 1.73. The molecule has 0 bridgehead atoms. The zero-order valence-corrected chi connectivity index (χ0v) is 19.7. The van der Waals surface area contributed by atoms with E-state index in [4.69, 9.17) is 20.9 Å². The number of carbonyl (C=O) groups is 1. The number of carbonyl (C=O) groups excluding carboxylic acids is 1. The molecule has 0 aliphatic carbocycles. The van der Waals surface area contributed by atoms with Crippen molar-refractivity contribution < 1.29 is 14.3 Å². The van der Waals surface area contributed by atoms with E-state index in [9.17, 15) is 4.79 Å². The Morgan fingerprint density at radius 2 is 1.52 bits per heavy atom. The van der Waals surface area contributed by atoms with Gasteiger partial charge in [-0.15, -0.1) is 0 Å². The van der Waals surface area contributed by atoms with Gasteiger partial charge in [0.25, 0.3) is 0 Å². The number of nitrogens with two attached hydrogens (primary N) is 2. The highest BCUT2D eigenvalue weighted by Gasteiger charge is 2.14. The normalized spacial score (nSPS) is 12.1. The third-order valence-corrected chi connectivity index (χ3v) is 5.22. The van der Waals surface area contributed by atoms with Gasteiger partial charge >= 0.3 is 5.97 Å². The van der Waals surface area contributed by atoms with Crippen molar-refractivity contribution in [1.29, 1.82) is 0 Å². The SMILES string of the molecule is CCCCCCCOc1ccc(N=Nc2ccc(COC(=O)[C@@H](N)CCCCN)cc2)cc1. The van der Waals surface area contributed by atoms with Gasteiger partial charge in [-0.1, -0.05) is 51.2 Å². The maximum atomic E-state index is 12.0. The number of benzene rings is 2. The van der Waals surface area contributed by atoms with Crippen LogP contribution in [0.4, 0.5) is 11.4 Å². The van der Waals surface area contributed by atoms with E-state index in [1.165, 1.54) is 25.7 Å². The second kappa shape index (κ2) is 15.9. The molecule has 2 rings (SSSR count). The lowest BCUT2D eigenvalue weighted by Crippen LogP contribution is -2.32. The average molecular weight is 455 g/mol. The van der Waals surface area contributed by atoms with E-state index in [2.05, 4.69) is 17.2 Å². The van der Waals surface area contributed by atoms with Crippen molar-refractivity contribution in [2.24, 2.45) is 21.7 Å². The Bertz CT molecular complexity index is 822. The van der Waals surface area contributed by atoms with Crippen LogP contribution in [0.2, 0.25) is 0 Å². The molecule has 7 nitrogen and oxygen atoms in total. The second-order valence-electron chi connectivity index (χ2n) is 8.12. The van der Waals surface area contributed by atoms with Crippen LogP contribution in [0.5, 0.6) is 5.75 Å². The summed E-state index contributed by atoms with van der Waals surface area (Å²) in [6.07, 6.45) is 8.37. The molecule has 0 aliphatic heterocycles. The van der Waals surface area contributed by atoms with E-state index in [1.54, 1.807) is 0 Å². The summed E-state index contributed by atoms with van der Waals surface area (Å²) in [6, 6.07) is 14.4. The fourth-order valence-corrected chi connectivity index (χ4v) is 3.17. The van der Waals surface area contributed by atoms with Crippen molar-refractivity contribution >= 4 is 17.3 Å². The molecule has 0 aliphatic rings. The van der Waals surface area contributed by atoms with Gasteiger partial charge in [0.2, 0.25) is 0 Å². The molecule has 33 heavy (non-hydrogen) atoms. The van der Waals surface area contributed by atoms with E-state index < -0.39 is 6.04 Å². The molecule has 7 heteroatoms. The monoisotopic (exact) mass is 454 g/mol. The third kappa shape index (κ3) is 11.1. The number of nitrogens with zero attached hydrogens (tertiary/aromatic N) is 2. The van der Waals surface area contributed by atoms with E-state index in [-0.39, 0.29) is 12.6 Å². The summed E-state index contributed by atoms with van der Waals surface area (Å²) in [5.41, 5.74) is 13.6. The first-order valence-corrected chi connectivity index (χ1v) is 12.0. The largest absolute Gasteiger partial charge is 0.494 e. The van der Waals surface area contributed by atoms with Crippen LogP contribution in [0.3, 0.4) is 0 Å². The number of azo groups is 1. The van der Waals surface area contributed by atoms with Gasteiger partial charge in [0, 0.05) is 0 Å². The minimum Gasteiger partial charge on any atom is -0.494 e. The quantitative estimate of drug-likeness (QED) is 0.185. The second-order valence-corrected chi connectivity index (χ2v) is 8.12. The smallest absolute Gasteiger partial charge is 0.323 e. The third-order valence-electron chi connectivity index (χ3n) is 5.22. The first-order chi connectivity index (χ1) is 16.1. The van der Waals surface area contributed by atoms with Gasteiger partial charge < -0.3 is 20.9 Å². The minimum atomic E-state index is -0.604. The molecule has 4 N–H and O–H groups in total. The maximum Gasteiger partial charge on any atom is 0.323 e. The van der Waals surface area contributed by atoms with Crippen LogP contribution in [0.1, 0.15) is 63.9 Å². The lowest BCUT2D eigenvalue weighted by Gasteiger charge is -2.11. The van der Waals surface area contributed by atoms with E-state index in [1.807, 2.05) is 48.5 Å². The molecule has 0 amide bonds. The predicted molar refractivity (Wildman–Crippen MR) is 132 cm³/mol. The van der Waals surface area contributed by atoms with Gasteiger partial charge in [-0.3, -0.25) is 4.79 Å². The highest BCUT2D eigenvalue weighted by atomic mass is 16.5. The predicted octanol–water partition coefficient (Wildman–Crippen LogP) is 5.95. The first-order valence-electron chi connectivity index (χ1n) is 12.0.